The van der Waals surface area contributed by atoms with Crippen molar-refractivity contribution in [2.24, 2.45) is 11.8 Å². The Balaban J connectivity index is 0.866. The maximum absolute atomic E-state index is 2.57. The Morgan fingerprint density at radius 2 is 0.942 bits per heavy atom. The van der Waals surface area contributed by atoms with Gasteiger partial charge in [0.1, 0.15) is 0 Å². The van der Waals surface area contributed by atoms with E-state index >= 15 is 0 Å². The minimum absolute atomic E-state index is 0.277. The molecule has 5 aliphatic carbocycles. The van der Waals surface area contributed by atoms with Crippen LogP contribution < -0.4 is 10.4 Å². The number of rotatable bonds is 6. The van der Waals surface area contributed by atoms with Gasteiger partial charge in [-0.05, 0) is 196 Å². The Labute approximate surface area is 409 Å². The van der Waals surface area contributed by atoms with Crippen LogP contribution in [0.1, 0.15) is 83.6 Å². The van der Waals surface area contributed by atoms with Crippen LogP contribution in [0.3, 0.4) is 0 Å². The van der Waals surface area contributed by atoms with Crippen molar-refractivity contribution in [2.75, 3.05) is 0 Å². The molecule has 0 spiro atoms. The number of fused-ring (bicyclic) bond motifs is 7. The van der Waals surface area contributed by atoms with Crippen LogP contribution in [0.25, 0.3) is 59.5 Å². The zero-order chi connectivity index (χ0) is 45.4. The Morgan fingerprint density at radius 1 is 0.391 bits per heavy atom. The van der Waals surface area contributed by atoms with Crippen molar-refractivity contribution >= 4 is 71.3 Å². The van der Waals surface area contributed by atoms with Crippen molar-refractivity contribution in [1.29, 1.82) is 0 Å². The fraction of sp³-hybridized carbons (Fsp3) is 0.147. The monoisotopic (exact) mass is 900 g/mol. The lowest BCUT2D eigenvalue weighted by Crippen LogP contribution is -2.38. The van der Waals surface area contributed by atoms with E-state index in [0.29, 0.717) is 11.2 Å². The van der Waals surface area contributed by atoms with Gasteiger partial charge in [0.15, 0.2) is 0 Å². The third kappa shape index (κ3) is 6.96. The van der Waals surface area contributed by atoms with Crippen LogP contribution in [-0.2, 0) is 0 Å². The molecule has 1 heterocycles. The average Bonchev–Trinajstić information content (AvgIpc) is 3.92. The molecule has 8 aromatic carbocycles. The molecule has 330 valence electrons. The summed E-state index contributed by atoms with van der Waals surface area (Å²) < 4.78 is 0. The first-order chi connectivity index (χ1) is 34.2. The van der Waals surface area contributed by atoms with Crippen LogP contribution in [0.2, 0.25) is 0 Å². The van der Waals surface area contributed by atoms with Gasteiger partial charge in [-0.25, -0.2) is 0 Å². The number of thioether (sulfide) groups is 1. The zero-order valence-electron chi connectivity index (χ0n) is 38.8. The van der Waals surface area contributed by atoms with E-state index in [2.05, 4.69) is 224 Å². The van der Waals surface area contributed by atoms with Crippen molar-refractivity contribution in [1.82, 2.24) is 0 Å². The zero-order valence-corrected chi connectivity index (χ0v) is 39.6. The maximum Gasteiger partial charge on any atom is 0.0379 e. The molecule has 1 saturated carbocycles. The van der Waals surface area contributed by atoms with Crippen LogP contribution in [0.15, 0.2) is 235 Å². The number of allylic oxidation sites excluding steroid dienone is 13. The fourth-order valence-electron chi connectivity index (χ4n) is 12.9. The molecule has 0 aromatic heterocycles. The van der Waals surface area contributed by atoms with Gasteiger partial charge in [-0.3, -0.25) is 0 Å². The van der Waals surface area contributed by atoms with E-state index in [1.54, 1.807) is 16.7 Å². The smallest absolute Gasteiger partial charge is 0.0379 e. The minimum atomic E-state index is 0.277. The van der Waals surface area contributed by atoms with Gasteiger partial charge in [0.2, 0.25) is 0 Å². The molecule has 1 aliphatic heterocycles. The van der Waals surface area contributed by atoms with E-state index in [4.69, 9.17) is 0 Å². The summed E-state index contributed by atoms with van der Waals surface area (Å²) in [5.41, 5.74) is 20.2. The summed E-state index contributed by atoms with van der Waals surface area (Å²) in [5, 5.41) is 10.8. The van der Waals surface area contributed by atoms with Gasteiger partial charge >= 0.3 is 0 Å². The van der Waals surface area contributed by atoms with Crippen LogP contribution in [-0.4, -0.2) is 0 Å². The molecule has 0 nitrogen and oxygen atoms in total. The molecule has 1 fully saturated rings. The molecule has 0 radical (unpaired) electrons. The van der Waals surface area contributed by atoms with Gasteiger partial charge in [-0.2, -0.15) is 0 Å². The highest BCUT2D eigenvalue weighted by molar-refractivity contribution is 8.08. The van der Waals surface area contributed by atoms with Gasteiger partial charge < -0.3 is 0 Å². The second-order valence-electron chi connectivity index (χ2n) is 19.9. The Morgan fingerprint density at radius 3 is 1.62 bits per heavy atom. The summed E-state index contributed by atoms with van der Waals surface area (Å²) in [4.78, 5) is 1.40. The first kappa shape index (κ1) is 40.8. The quantitative estimate of drug-likeness (QED) is 0.160. The van der Waals surface area contributed by atoms with E-state index in [0.717, 1.165) is 32.1 Å². The average molecular weight is 901 g/mol. The first-order valence-corrected chi connectivity index (χ1v) is 26.1. The van der Waals surface area contributed by atoms with E-state index in [1.165, 1.54) is 122 Å². The topological polar surface area (TPSA) is 0 Å². The van der Waals surface area contributed by atoms with Gasteiger partial charge in [0.05, 0.1) is 0 Å². The molecule has 0 amide bonds. The minimum Gasteiger partial charge on any atom is -0.117 e. The summed E-state index contributed by atoms with van der Waals surface area (Å²) in [7, 11) is 0. The molecule has 1 heteroatoms. The summed E-state index contributed by atoms with van der Waals surface area (Å²) in [6, 6.07) is 64.9. The molecule has 0 N–H and O–H groups in total. The SMILES string of the molecule is C1=CCC2C(=C1)C(c1ccc3ccccc3c1)=C1CCCCC1=C2c1cccc(C2=CCC(c3ccc4c(c3)=C(c3ccc5ccccc5c3)C3=CC=CCC3C=4c3ccc4ccccc4c3)S2)c1. The molecule has 8 aromatic rings. The van der Waals surface area contributed by atoms with Crippen LogP contribution in [0, 0.1) is 11.8 Å². The number of benzene rings is 8. The van der Waals surface area contributed by atoms with Crippen LogP contribution in [0.5, 0.6) is 0 Å². The molecule has 69 heavy (non-hydrogen) atoms. The summed E-state index contributed by atoms with van der Waals surface area (Å²) in [6.45, 7) is 0. The lowest BCUT2D eigenvalue weighted by Gasteiger charge is -2.38. The maximum atomic E-state index is 2.57. The fourth-order valence-corrected chi connectivity index (χ4v) is 14.1. The second kappa shape index (κ2) is 16.8. The number of hydrogen-bond acceptors (Lipinski definition) is 1. The van der Waals surface area contributed by atoms with E-state index in [1.807, 2.05) is 0 Å². The summed E-state index contributed by atoms with van der Waals surface area (Å²) in [6.07, 6.45) is 24.6. The van der Waals surface area contributed by atoms with Crippen molar-refractivity contribution < 1.29 is 0 Å². The van der Waals surface area contributed by atoms with Crippen molar-refractivity contribution in [3.63, 3.8) is 0 Å². The highest BCUT2D eigenvalue weighted by atomic mass is 32.2. The molecule has 6 aliphatic rings. The van der Waals surface area contributed by atoms with Gasteiger partial charge in [0, 0.05) is 22.0 Å². The molecule has 0 bridgehead atoms. The largest absolute Gasteiger partial charge is 0.117 e. The predicted octanol–water partition coefficient (Wildman–Crippen LogP) is 16.6. The lowest BCUT2D eigenvalue weighted by atomic mass is 9.65. The highest BCUT2D eigenvalue weighted by Gasteiger charge is 2.36. The lowest BCUT2D eigenvalue weighted by molar-refractivity contribution is 0.663. The molecule has 14 rings (SSSR count). The molecule has 3 atom stereocenters. The molecular weight excluding hydrogens is 849 g/mol. The molecule has 3 unspecified atom stereocenters. The third-order valence-electron chi connectivity index (χ3n) is 16.0. The Bertz CT molecular complexity index is 3860. The van der Waals surface area contributed by atoms with Crippen LogP contribution in [0.4, 0.5) is 0 Å². The van der Waals surface area contributed by atoms with Crippen molar-refractivity contribution in [2.45, 2.75) is 50.2 Å². The van der Waals surface area contributed by atoms with E-state index in [9.17, 15) is 0 Å². The Kier molecular flexibility index (Phi) is 9.94. The molecular formula is C68H52S. The van der Waals surface area contributed by atoms with E-state index in [-0.39, 0.29) is 5.92 Å². The summed E-state index contributed by atoms with van der Waals surface area (Å²) in [5.74, 6) is 0.634. The normalized spacial score (nSPS) is 20.7. The predicted molar refractivity (Wildman–Crippen MR) is 295 cm³/mol. The molecule has 0 saturated heterocycles. The van der Waals surface area contributed by atoms with E-state index < -0.39 is 0 Å². The standard InChI is InChI=1S/C68H52S/c1-4-17-46-38-52(31-28-43(46)14-1)66-57-24-9-7-22-55(57)65(56-23-8-10-25-58(56)66)51-21-13-20-49(41-51)63-36-37-64(69-63)50-34-35-61-62(42-50)68(54-33-30-45-16-3-6-19-48(45)40-54)60-27-12-11-26-59(60)67(61)53-32-29-44-15-2-5-18-47(44)39-53/h1-7,9,11-21,24,27-36,38-42,55,59,64H,8,10,22-23,25-26,37H2. The van der Waals surface area contributed by atoms with Gasteiger partial charge in [0.25, 0.3) is 0 Å². The third-order valence-corrected chi connectivity index (χ3v) is 17.4. The van der Waals surface area contributed by atoms with Gasteiger partial charge in [-0.15, -0.1) is 11.8 Å². The summed E-state index contributed by atoms with van der Waals surface area (Å²) >= 11 is 2.06. The van der Waals surface area contributed by atoms with Crippen LogP contribution >= 0.6 is 11.8 Å². The Hall–Kier alpha value is -7.19. The first-order valence-electron chi connectivity index (χ1n) is 25.2. The highest BCUT2D eigenvalue weighted by Crippen LogP contribution is 2.55. The number of hydrogen-bond donors (Lipinski definition) is 0. The van der Waals surface area contributed by atoms with Crippen molar-refractivity contribution in [3.05, 3.63) is 279 Å². The van der Waals surface area contributed by atoms with Gasteiger partial charge in [-0.1, -0.05) is 182 Å². The van der Waals surface area contributed by atoms with Crippen molar-refractivity contribution in [3.8, 4) is 0 Å². The second-order valence-corrected chi connectivity index (χ2v) is 21.1.